The summed E-state index contributed by atoms with van der Waals surface area (Å²) in [5.41, 5.74) is 7.03. The molecular weight excluding hydrogens is 474 g/mol. The van der Waals surface area contributed by atoms with Gasteiger partial charge in [-0.15, -0.1) is 0 Å². The highest BCUT2D eigenvalue weighted by Gasteiger charge is 2.45. The fourth-order valence-corrected chi connectivity index (χ4v) is 12.2. The van der Waals surface area contributed by atoms with E-state index < -0.39 is 14.0 Å². The Morgan fingerprint density at radius 2 is 1.68 bits per heavy atom. The molecule has 2 aromatic carbocycles. The highest BCUT2D eigenvalue weighted by molar-refractivity contribution is 7.04. The zero-order valence-electron chi connectivity index (χ0n) is 23.4. The first-order valence-corrected chi connectivity index (χ1v) is 15.7. The Hall–Kier alpha value is -2.99. The SMILES string of the molecule is CC1=CC(C)(C)Nc2cc3c(cc21)N=c1cc2c(cc1[Si]3(CCCC(=O)O)C(C)C)=NC(C)(C)C=C2C. The van der Waals surface area contributed by atoms with Gasteiger partial charge in [-0.3, -0.25) is 9.79 Å². The fraction of sp³-hybridized carbons (Fsp3) is 0.452. The third-order valence-electron chi connectivity index (χ3n) is 8.26. The number of nitrogens with zero attached hydrogens (tertiary/aromatic N) is 2. The highest BCUT2D eigenvalue weighted by atomic mass is 28.3. The van der Waals surface area contributed by atoms with Crippen molar-refractivity contribution in [1.29, 1.82) is 0 Å². The Kier molecular flexibility index (Phi) is 5.90. The van der Waals surface area contributed by atoms with Gasteiger partial charge in [0.25, 0.3) is 0 Å². The topological polar surface area (TPSA) is 74.0 Å². The second-order valence-electron chi connectivity index (χ2n) is 12.6. The quantitative estimate of drug-likeness (QED) is 0.539. The molecule has 194 valence electrons. The molecule has 0 fully saturated rings. The van der Waals surface area contributed by atoms with Crippen LogP contribution in [-0.4, -0.2) is 30.2 Å². The molecule has 3 heterocycles. The smallest absolute Gasteiger partial charge is 0.303 e. The fourth-order valence-electron chi connectivity index (χ4n) is 6.83. The van der Waals surface area contributed by atoms with Crippen LogP contribution in [0.1, 0.15) is 79.4 Å². The molecule has 0 saturated carbocycles. The van der Waals surface area contributed by atoms with Crippen LogP contribution >= 0.6 is 0 Å². The maximum absolute atomic E-state index is 11.6. The number of fused-ring (bicyclic) bond motifs is 4. The van der Waals surface area contributed by atoms with E-state index in [1.54, 1.807) is 0 Å². The van der Waals surface area contributed by atoms with E-state index in [2.05, 4.69) is 97.1 Å². The number of rotatable bonds is 5. The predicted molar refractivity (Wildman–Crippen MR) is 156 cm³/mol. The Balaban J connectivity index is 1.84. The van der Waals surface area contributed by atoms with Gasteiger partial charge in [0.15, 0.2) is 0 Å². The zero-order chi connectivity index (χ0) is 26.9. The molecule has 0 aromatic heterocycles. The Morgan fingerprint density at radius 1 is 0.973 bits per heavy atom. The molecule has 1 unspecified atom stereocenters. The number of carboxylic acids is 1. The number of benzene rings is 2. The molecule has 1 atom stereocenters. The van der Waals surface area contributed by atoms with Crippen molar-refractivity contribution in [2.45, 2.75) is 90.9 Å². The van der Waals surface area contributed by atoms with Crippen LogP contribution in [0.3, 0.4) is 0 Å². The van der Waals surface area contributed by atoms with E-state index in [0.29, 0.717) is 12.0 Å². The van der Waals surface area contributed by atoms with Gasteiger partial charge in [-0.25, -0.2) is 4.99 Å². The molecule has 3 aliphatic heterocycles. The van der Waals surface area contributed by atoms with Crippen LogP contribution in [0.25, 0.3) is 11.1 Å². The van der Waals surface area contributed by atoms with Gasteiger partial charge in [-0.1, -0.05) is 26.0 Å². The Morgan fingerprint density at radius 3 is 2.35 bits per heavy atom. The molecule has 0 radical (unpaired) electrons. The van der Waals surface area contributed by atoms with E-state index in [-0.39, 0.29) is 17.5 Å². The maximum Gasteiger partial charge on any atom is 0.303 e. The molecule has 37 heavy (non-hydrogen) atoms. The summed E-state index contributed by atoms with van der Waals surface area (Å²) in [6, 6.07) is 10.0. The summed E-state index contributed by atoms with van der Waals surface area (Å²) >= 11 is 0. The van der Waals surface area contributed by atoms with Crippen LogP contribution in [0, 0.1) is 0 Å². The molecule has 3 aliphatic rings. The van der Waals surface area contributed by atoms with E-state index >= 15 is 0 Å². The minimum Gasteiger partial charge on any atom is -0.481 e. The van der Waals surface area contributed by atoms with E-state index in [1.807, 2.05) is 0 Å². The summed E-state index contributed by atoms with van der Waals surface area (Å²) in [6.45, 7) is 17.7. The first-order valence-electron chi connectivity index (χ1n) is 13.4. The summed E-state index contributed by atoms with van der Waals surface area (Å²) in [7, 11) is -2.42. The lowest BCUT2D eigenvalue weighted by Gasteiger charge is -2.41. The molecule has 5 rings (SSSR count). The minimum absolute atomic E-state index is 0.131. The average molecular weight is 514 g/mol. The molecular formula is C31H39N3O2Si. The molecule has 2 aromatic rings. The van der Waals surface area contributed by atoms with Gasteiger partial charge in [0.1, 0.15) is 8.07 Å². The van der Waals surface area contributed by atoms with Crippen molar-refractivity contribution in [1.82, 2.24) is 0 Å². The monoisotopic (exact) mass is 513 g/mol. The van der Waals surface area contributed by atoms with Crippen LogP contribution in [0.5, 0.6) is 0 Å². The highest BCUT2D eigenvalue weighted by Crippen LogP contribution is 2.39. The van der Waals surface area contributed by atoms with Crippen LogP contribution < -0.4 is 26.4 Å². The van der Waals surface area contributed by atoms with Crippen LogP contribution in [-0.2, 0) is 4.79 Å². The second kappa shape index (κ2) is 8.52. The number of nitrogens with one attached hydrogen (secondary N) is 1. The van der Waals surface area contributed by atoms with Crippen molar-refractivity contribution in [2.75, 3.05) is 5.32 Å². The lowest BCUT2D eigenvalue weighted by molar-refractivity contribution is -0.137. The largest absolute Gasteiger partial charge is 0.481 e. The number of carboxylic acid groups (broad SMARTS) is 1. The average Bonchev–Trinajstić information content (AvgIpc) is 2.75. The third kappa shape index (κ3) is 4.29. The van der Waals surface area contributed by atoms with Crippen LogP contribution in [0.2, 0.25) is 11.6 Å². The molecule has 2 N–H and O–H groups in total. The van der Waals surface area contributed by atoms with Crippen molar-refractivity contribution in [3.63, 3.8) is 0 Å². The van der Waals surface area contributed by atoms with Crippen molar-refractivity contribution >= 4 is 46.9 Å². The molecule has 0 aliphatic carbocycles. The Labute approximate surface area is 221 Å². The van der Waals surface area contributed by atoms with Gasteiger partial charge < -0.3 is 10.4 Å². The summed E-state index contributed by atoms with van der Waals surface area (Å²) in [6.07, 6.45) is 5.36. The lowest BCUT2D eigenvalue weighted by Crippen LogP contribution is -2.67. The number of hydrogen-bond acceptors (Lipinski definition) is 4. The predicted octanol–water partition coefficient (Wildman–Crippen LogP) is 5.21. The van der Waals surface area contributed by atoms with E-state index in [4.69, 9.17) is 9.98 Å². The van der Waals surface area contributed by atoms with Gasteiger partial charge >= 0.3 is 5.97 Å². The normalized spacial score (nSPS) is 22.2. The van der Waals surface area contributed by atoms with Crippen molar-refractivity contribution < 1.29 is 9.90 Å². The molecule has 0 spiro atoms. The lowest BCUT2D eigenvalue weighted by atomic mass is 9.91. The van der Waals surface area contributed by atoms with Gasteiger partial charge in [0, 0.05) is 23.2 Å². The van der Waals surface area contributed by atoms with Gasteiger partial charge in [-0.2, -0.15) is 0 Å². The summed E-state index contributed by atoms with van der Waals surface area (Å²) in [5.74, 6) is -0.730. The van der Waals surface area contributed by atoms with Crippen molar-refractivity contribution in [3.8, 4) is 0 Å². The number of hydrogen-bond donors (Lipinski definition) is 2. The third-order valence-corrected chi connectivity index (χ3v) is 14.1. The summed E-state index contributed by atoms with van der Waals surface area (Å²) in [5, 5.41) is 17.9. The Bertz CT molecular complexity index is 1510. The maximum atomic E-state index is 11.6. The molecule has 6 heteroatoms. The minimum atomic E-state index is -2.42. The van der Waals surface area contributed by atoms with Gasteiger partial charge in [-0.05, 0) is 105 Å². The summed E-state index contributed by atoms with van der Waals surface area (Å²) < 4.78 is 0. The van der Waals surface area contributed by atoms with Gasteiger partial charge in [0.05, 0.1) is 27.5 Å². The van der Waals surface area contributed by atoms with E-state index in [1.165, 1.54) is 27.1 Å². The second-order valence-corrected chi connectivity index (χ2v) is 17.2. The zero-order valence-corrected chi connectivity index (χ0v) is 24.4. The molecule has 0 saturated heterocycles. The van der Waals surface area contributed by atoms with E-state index in [9.17, 15) is 9.90 Å². The first kappa shape index (κ1) is 25.6. The van der Waals surface area contributed by atoms with Crippen LogP contribution in [0.15, 0.2) is 46.4 Å². The molecule has 5 nitrogen and oxygen atoms in total. The molecule has 0 bridgehead atoms. The number of aliphatic carboxylic acids is 1. The standard InChI is InChI=1S/C31H39N3O2Si/c1-18(2)37(11-9-10-29(35)36)27-14-23-21(19(3)16-30(5,6)33-23)12-25(27)32-26-13-22-20(4)17-31(7,8)34-24(22)15-28(26)37/h12-18,33H,9-11H2,1-8H3,(H,35,36). The first-order chi connectivity index (χ1) is 17.2. The number of carbonyl (C=O) groups is 1. The van der Waals surface area contributed by atoms with E-state index in [0.717, 1.165) is 33.7 Å². The van der Waals surface area contributed by atoms with Crippen molar-refractivity contribution in [2.24, 2.45) is 9.98 Å². The van der Waals surface area contributed by atoms with Crippen molar-refractivity contribution in [3.05, 3.63) is 58.3 Å². The number of allylic oxidation sites excluding steroid dienone is 2. The van der Waals surface area contributed by atoms with Gasteiger partial charge in [0.2, 0.25) is 0 Å². The summed E-state index contributed by atoms with van der Waals surface area (Å²) in [4.78, 5) is 22.0. The number of anilines is 1. The van der Waals surface area contributed by atoms with Crippen LogP contribution in [0.4, 0.5) is 11.4 Å². The molecule has 0 amide bonds.